The molecular weight excluding hydrogens is 350 g/mol. The van der Waals surface area contributed by atoms with E-state index in [0.29, 0.717) is 36.4 Å². The average Bonchev–Trinajstić information content (AvgIpc) is 3.17. The molecule has 1 saturated heterocycles. The maximum absolute atomic E-state index is 13.1. The van der Waals surface area contributed by atoms with E-state index in [9.17, 15) is 14.7 Å². The summed E-state index contributed by atoms with van der Waals surface area (Å²) in [6.07, 6.45) is 2.57. The van der Waals surface area contributed by atoms with E-state index < -0.39 is 11.4 Å². The molecule has 0 saturated carbocycles. The van der Waals surface area contributed by atoms with Crippen molar-refractivity contribution in [2.45, 2.75) is 12.8 Å². The number of aromatic nitrogens is 2. The third-order valence-corrected chi connectivity index (χ3v) is 4.99. The molecular formula is C19H23N3O5. The second kappa shape index (κ2) is 7.79. The summed E-state index contributed by atoms with van der Waals surface area (Å²) in [4.78, 5) is 26.5. The molecule has 0 spiro atoms. The van der Waals surface area contributed by atoms with Crippen molar-refractivity contribution in [3.05, 3.63) is 36.0 Å². The van der Waals surface area contributed by atoms with Gasteiger partial charge in [-0.3, -0.25) is 14.7 Å². The minimum atomic E-state index is -1.08. The van der Waals surface area contributed by atoms with Gasteiger partial charge < -0.3 is 19.5 Å². The van der Waals surface area contributed by atoms with E-state index in [-0.39, 0.29) is 19.1 Å². The highest BCUT2D eigenvalue weighted by Gasteiger charge is 2.44. The number of H-pyrrole nitrogens is 1. The van der Waals surface area contributed by atoms with Crippen LogP contribution in [-0.2, 0) is 9.53 Å². The van der Waals surface area contributed by atoms with E-state index in [2.05, 4.69) is 10.2 Å². The van der Waals surface area contributed by atoms with Gasteiger partial charge in [0.25, 0.3) is 5.91 Å². The first kappa shape index (κ1) is 18.9. The molecule has 1 amide bonds. The fourth-order valence-electron chi connectivity index (χ4n) is 3.53. The van der Waals surface area contributed by atoms with Crippen LogP contribution in [0.4, 0.5) is 0 Å². The molecule has 1 atom stereocenters. The fourth-order valence-corrected chi connectivity index (χ4v) is 3.53. The Hall–Kier alpha value is -2.87. The lowest BCUT2D eigenvalue weighted by molar-refractivity contribution is -0.155. The van der Waals surface area contributed by atoms with Crippen LogP contribution in [0.2, 0.25) is 0 Å². The molecule has 8 heteroatoms. The van der Waals surface area contributed by atoms with Gasteiger partial charge >= 0.3 is 5.97 Å². The molecule has 1 aromatic heterocycles. The topological polar surface area (TPSA) is 105 Å². The van der Waals surface area contributed by atoms with Gasteiger partial charge in [0.05, 0.1) is 31.2 Å². The maximum atomic E-state index is 13.1. The van der Waals surface area contributed by atoms with Crippen LogP contribution < -0.4 is 4.74 Å². The van der Waals surface area contributed by atoms with Crippen LogP contribution in [0.25, 0.3) is 11.3 Å². The lowest BCUT2D eigenvalue weighted by Gasteiger charge is -2.39. The van der Waals surface area contributed by atoms with E-state index >= 15 is 0 Å². The Kier molecular flexibility index (Phi) is 5.46. The van der Waals surface area contributed by atoms with Gasteiger partial charge in [0.1, 0.15) is 11.2 Å². The highest BCUT2D eigenvalue weighted by Crippen LogP contribution is 2.33. The molecule has 27 heavy (non-hydrogen) atoms. The van der Waals surface area contributed by atoms with Crippen LogP contribution in [0, 0.1) is 5.41 Å². The summed E-state index contributed by atoms with van der Waals surface area (Å²) in [6.45, 7) is 0.690. The Labute approximate surface area is 157 Å². The van der Waals surface area contributed by atoms with Gasteiger partial charge in [-0.2, -0.15) is 5.10 Å². The summed E-state index contributed by atoms with van der Waals surface area (Å²) in [6, 6.07) is 7.29. The number of nitrogens with zero attached hydrogens (tertiary/aromatic N) is 2. The fraction of sp³-hybridized carbons (Fsp3) is 0.421. The van der Waals surface area contributed by atoms with Crippen LogP contribution in [0.3, 0.4) is 0 Å². The maximum Gasteiger partial charge on any atom is 0.313 e. The van der Waals surface area contributed by atoms with Gasteiger partial charge in [0.2, 0.25) is 0 Å². The second-order valence-corrected chi connectivity index (χ2v) is 6.74. The summed E-state index contributed by atoms with van der Waals surface area (Å²) in [5.41, 5.74) is 0.738. The number of aliphatic carboxylic acids is 1. The Morgan fingerprint density at radius 1 is 1.30 bits per heavy atom. The van der Waals surface area contributed by atoms with E-state index in [1.807, 2.05) is 12.1 Å². The number of methoxy groups -OCH3 is 2. The number of hydrogen-bond acceptors (Lipinski definition) is 5. The summed E-state index contributed by atoms with van der Waals surface area (Å²) >= 11 is 0. The molecule has 0 radical (unpaired) electrons. The normalized spacial score (nSPS) is 19.7. The third kappa shape index (κ3) is 3.66. The number of likely N-dealkylation sites (tertiary alicyclic amines) is 1. The number of carboxylic acids is 1. The Morgan fingerprint density at radius 2 is 2.04 bits per heavy atom. The van der Waals surface area contributed by atoms with Crippen LogP contribution in [0.1, 0.15) is 23.2 Å². The Balaban J connectivity index is 1.86. The van der Waals surface area contributed by atoms with Crippen molar-refractivity contribution in [2.24, 2.45) is 5.41 Å². The van der Waals surface area contributed by atoms with Gasteiger partial charge in [-0.05, 0) is 37.1 Å². The lowest BCUT2D eigenvalue weighted by Crippen LogP contribution is -2.52. The third-order valence-electron chi connectivity index (χ3n) is 4.99. The lowest BCUT2D eigenvalue weighted by atomic mass is 9.80. The minimum Gasteiger partial charge on any atom is -0.497 e. The van der Waals surface area contributed by atoms with Crippen molar-refractivity contribution in [1.82, 2.24) is 15.1 Å². The first-order valence-electron chi connectivity index (χ1n) is 8.70. The van der Waals surface area contributed by atoms with Crippen molar-refractivity contribution in [3.63, 3.8) is 0 Å². The van der Waals surface area contributed by atoms with Crippen LogP contribution in [-0.4, -0.2) is 66.0 Å². The number of ether oxygens (including phenoxy) is 2. The molecule has 1 aliphatic heterocycles. The number of aromatic amines is 1. The number of piperidine rings is 1. The van der Waals surface area contributed by atoms with Gasteiger partial charge in [-0.25, -0.2) is 0 Å². The van der Waals surface area contributed by atoms with Crippen molar-refractivity contribution >= 4 is 11.9 Å². The SMILES string of the molecule is COCC1(C(=O)O)CCCN(C(=O)c2cn[nH]c2-c2ccc(OC)cc2)C1. The van der Waals surface area contributed by atoms with Gasteiger partial charge in [0, 0.05) is 25.8 Å². The number of rotatable bonds is 6. The zero-order chi connectivity index (χ0) is 19.4. The monoisotopic (exact) mass is 373 g/mol. The molecule has 1 unspecified atom stereocenters. The number of nitrogens with one attached hydrogen (secondary N) is 1. The second-order valence-electron chi connectivity index (χ2n) is 6.74. The standard InChI is InChI=1S/C19H23N3O5/c1-26-12-19(18(24)25)8-3-9-22(11-19)17(23)15-10-20-21-16(15)13-4-6-14(27-2)7-5-13/h4-7,10H,3,8-9,11-12H2,1-2H3,(H,20,21)(H,24,25). The van der Waals surface area contributed by atoms with Crippen molar-refractivity contribution in [1.29, 1.82) is 0 Å². The Morgan fingerprint density at radius 3 is 2.67 bits per heavy atom. The molecule has 144 valence electrons. The highest BCUT2D eigenvalue weighted by molar-refractivity contribution is 6.00. The number of carbonyl (C=O) groups excluding carboxylic acids is 1. The molecule has 1 aromatic carbocycles. The van der Waals surface area contributed by atoms with Gasteiger partial charge in [0.15, 0.2) is 0 Å². The number of hydrogen-bond donors (Lipinski definition) is 2. The quantitative estimate of drug-likeness (QED) is 0.803. The molecule has 1 aliphatic rings. The molecule has 2 aromatic rings. The number of amides is 1. The molecule has 0 bridgehead atoms. The van der Waals surface area contributed by atoms with Crippen molar-refractivity contribution < 1.29 is 24.2 Å². The molecule has 0 aliphatic carbocycles. The van der Waals surface area contributed by atoms with E-state index in [1.165, 1.54) is 13.3 Å². The van der Waals surface area contributed by atoms with E-state index in [0.717, 1.165) is 5.56 Å². The van der Waals surface area contributed by atoms with Crippen molar-refractivity contribution in [2.75, 3.05) is 33.9 Å². The van der Waals surface area contributed by atoms with Crippen LogP contribution in [0.15, 0.2) is 30.5 Å². The van der Waals surface area contributed by atoms with Crippen LogP contribution >= 0.6 is 0 Å². The van der Waals surface area contributed by atoms with E-state index in [4.69, 9.17) is 9.47 Å². The van der Waals surface area contributed by atoms with Crippen LogP contribution in [0.5, 0.6) is 5.75 Å². The number of carboxylic acid groups (broad SMARTS) is 1. The predicted molar refractivity (Wildman–Crippen MR) is 97.7 cm³/mol. The summed E-state index contributed by atoms with van der Waals surface area (Å²) in [5.74, 6) is -0.464. The van der Waals surface area contributed by atoms with Crippen molar-refractivity contribution in [3.8, 4) is 17.0 Å². The summed E-state index contributed by atoms with van der Waals surface area (Å²) < 4.78 is 10.3. The largest absolute Gasteiger partial charge is 0.497 e. The molecule has 3 rings (SSSR count). The molecule has 2 N–H and O–H groups in total. The van der Waals surface area contributed by atoms with E-state index in [1.54, 1.807) is 24.1 Å². The number of benzene rings is 1. The summed E-state index contributed by atoms with van der Waals surface area (Å²) in [7, 11) is 3.06. The Bertz CT molecular complexity index is 813. The molecule has 1 fully saturated rings. The molecule has 2 heterocycles. The minimum absolute atomic E-state index is 0.0723. The predicted octanol–water partition coefficient (Wildman–Crippen LogP) is 2.04. The van der Waals surface area contributed by atoms with Gasteiger partial charge in [-0.1, -0.05) is 0 Å². The number of carbonyl (C=O) groups is 2. The first-order valence-corrected chi connectivity index (χ1v) is 8.70. The summed E-state index contributed by atoms with van der Waals surface area (Å²) in [5, 5.41) is 16.6. The molecule has 8 nitrogen and oxygen atoms in total. The van der Waals surface area contributed by atoms with Gasteiger partial charge in [-0.15, -0.1) is 0 Å². The highest BCUT2D eigenvalue weighted by atomic mass is 16.5. The average molecular weight is 373 g/mol. The zero-order valence-electron chi connectivity index (χ0n) is 15.4. The smallest absolute Gasteiger partial charge is 0.313 e. The zero-order valence-corrected chi connectivity index (χ0v) is 15.4. The first-order chi connectivity index (χ1) is 13.0.